The van der Waals surface area contributed by atoms with Gasteiger partial charge in [-0.05, 0) is 56.3 Å². The van der Waals surface area contributed by atoms with Crippen molar-refractivity contribution in [2.75, 3.05) is 25.5 Å². The average Bonchev–Trinajstić information content (AvgIpc) is 2.94. The standard InChI is InChI=1S/C20H26N4O/c1-13-23-18-7-9-21-8-6-17(18)20(24-13)22-12-16-10-14-4-3-5-15(14)11-19(16)25-2/h10-11,21H,3-9,12H2,1-2H3,(H,22,23,24). The SMILES string of the molecule is COc1cc2c(cc1CNc1nc(C)nc3c1CCNCC3)CCC2. The third kappa shape index (κ3) is 3.33. The molecule has 0 amide bonds. The molecule has 0 saturated heterocycles. The van der Waals surface area contributed by atoms with Crippen LogP contribution in [0.3, 0.4) is 0 Å². The first-order chi connectivity index (χ1) is 12.2. The van der Waals surface area contributed by atoms with Gasteiger partial charge < -0.3 is 15.4 Å². The van der Waals surface area contributed by atoms with Crippen molar-refractivity contribution in [3.8, 4) is 5.75 Å². The van der Waals surface area contributed by atoms with Crippen LogP contribution >= 0.6 is 0 Å². The van der Waals surface area contributed by atoms with Gasteiger partial charge in [0.25, 0.3) is 0 Å². The highest BCUT2D eigenvalue weighted by Gasteiger charge is 2.18. The van der Waals surface area contributed by atoms with Gasteiger partial charge >= 0.3 is 0 Å². The number of benzene rings is 1. The second-order valence-electron chi connectivity index (χ2n) is 6.93. The molecule has 2 aliphatic rings. The molecule has 1 aromatic heterocycles. The molecular weight excluding hydrogens is 312 g/mol. The summed E-state index contributed by atoms with van der Waals surface area (Å²) in [7, 11) is 1.76. The Morgan fingerprint density at radius 1 is 1.08 bits per heavy atom. The molecule has 1 aliphatic carbocycles. The van der Waals surface area contributed by atoms with Crippen LogP contribution in [0.25, 0.3) is 0 Å². The fourth-order valence-electron chi connectivity index (χ4n) is 3.97. The lowest BCUT2D eigenvalue weighted by Crippen LogP contribution is -2.16. The number of hydrogen-bond donors (Lipinski definition) is 2. The van der Waals surface area contributed by atoms with Gasteiger partial charge in [-0.2, -0.15) is 0 Å². The van der Waals surface area contributed by atoms with Crippen molar-refractivity contribution in [2.24, 2.45) is 0 Å². The van der Waals surface area contributed by atoms with E-state index in [-0.39, 0.29) is 0 Å². The van der Waals surface area contributed by atoms with Crippen LogP contribution in [0, 0.1) is 6.92 Å². The number of rotatable bonds is 4. The first-order valence-corrected chi connectivity index (χ1v) is 9.24. The summed E-state index contributed by atoms with van der Waals surface area (Å²) in [5.41, 5.74) is 6.56. The van der Waals surface area contributed by atoms with Gasteiger partial charge in [0.1, 0.15) is 17.4 Å². The van der Waals surface area contributed by atoms with E-state index in [1.54, 1.807) is 7.11 Å². The number of anilines is 1. The summed E-state index contributed by atoms with van der Waals surface area (Å²) in [6.07, 6.45) is 5.54. The van der Waals surface area contributed by atoms with Crippen molar-refractivity contribution in [3.63, 3.8) is 0 Å². The highest BCUT2D eigenvalue weighted by molar-refractivity contribution is 5.51. The molecule has 0 bridgehead atoms. The lowest BCUT2D eigenvalue weighted by Gasteiger charge is -2.16. The van der Waals surface area contributed by atoms with Gasteiger partial charge in [0.2, 0.25) is 0 Å². The van der Waals surface area contributed by atoms with Gasteiger partial charge in [0, 0.05) is 30.6 Å². The lowest BCUT2D eigenvalue weighted by molar-refractivity contribution is 0.410. The third-order valence-corrected chi connectivity index (χ3v) is 5.24. The molecule has 0 unspecified atom stereocenters. The molecule has 1 aliphatic heterocycles. The number of aryl methyl sites for hydroxylation is 3. The molecule has 5 heteroatoms. The van der Waals surface area contributed by atoms with Gasteiger partial charge in [-0.1, -0.05) is 6.07 Å². The molecule has 5 nitrogen and oxygen atoms in total. The molecule has 0 atom stereocenters. The number of methoxy groups -OCH3 is 1. The van der Waals surface area contributed by atoms with Crippen LogP contribution in [0.1, 0.15) is 40.2 Å². The zero-order valence-corrected chi connectivity index (χ0v) is 15.1. The molecule has 2 heterocycles. The maximum atomic E-state index is 5.63. The minimum atomic E-state index is 0.729. The molecule has 0 radical (unpaired) electrons. The molecule has 0 saturated carbocycles. The quantitative estimate of drug-likeness (QED) is 0.897. The second-order valence-corrected chi connectivity index (χ2v) is 6.93. The zero-order valence-electron chi connectivity index (χ0n) is 15.1. The van der Waals surface area contributed by atoms with Gasteiger partial charge in [-0.25, -0.2) is 9.97 Å². The van der Waals surface area contributed by atoms with Crippen LogP contribution in [0.2, 0.25) is 0 Å². The molecule has 0 fully saturated rings. The Kier molecular flexibility index (Phi) is 4.57. The molecule has 1 aromatic carbocycles. The van der Waals surface area contributed by atoms with E-state index in [1.807, 2.05) is 6.92 Å². The summed E-state index contributed by atoms with van der Waals surface area (Å²) in [4.78, 5) is 9.33. The predicted molar refractivity (Wildman–Crippen MR) is 99.4 cm³/mol. The van der Waals surface area contributed by atoms with E-state index in [2.05, 4.69) is 32.7 Å². The van der Waals surface area contributed by atoms with Gasteiger partial charge in [-0.15, -0.1) is 0 Å². The maximum absolute atomic E-state index is 5.63. The normalized spacial score (nSPS) is 16.1. The van der Waals surface area contributed by atoms with E-state index in [0.29, 0.717) is 0 Å². The Morgan fingerprint density at radius 2 is 1.88 bits per heavy atom. The Balaban J connectivity index is 1.61. The van der Waals surface area contributed by atoms with E-state index >= 15 is 0 Å². The van der Waals surface area contributed by atoms with Gasteiger partial charge in [0.15, 0.2) is 0 Å². The van der Waals surface area contributed by atoms with Crippen molar-refractivity contribution >= 4 is 5.82 Å². The molecule has 132 valence electrons. The molecule has 2 N–H and O–H groups in total. The first kappa shape index (κ1) is 16.3. The topological polar surface area (TPSA) is 59.1 Å². The van der Waals surface area contributed by atoms with E-state index in [4.69, 9.17) is 4.74 Å². The van der Waals surface area contributed by atoms with Crippen molar-refractivity contribution in [2.45, 2.75) is 45.6 Å². The van der Waals surface area contributed by atoms with Crippen LogP contribution in [-0.4, -0.2) is 30.2 Å². The molecular formula is C20H26N4O. The predicted octanol–water partition coefficient (Wildman–Crippen LogP) is 2.58. The van der Waals surface area contributed by atoms with Gasteiger partial charge in [-0.3, -0.25) is 0 Å². The number of aromatic nitrogens is 2. The first-order valence-electron chi connectivity index (χ1n) is 9.24. The second kappa shape index (κ2) is 7.00. The Hall–Kier alpha value is -2.14. The van der Waals surface area contributed by atoms with Crippen LogP contribution in [-0.2, 0) is 32.2 Å². The molecule has 4 rings (SSSR count). The Morgan fingerprint density at radius 3 is 2.72 bits per heavy atom. The summed E-state index contributed by atoms with van der Waals surface area (Å²) in [6.45, 7) is 4.67. The number of hydrogen-bond acceptors (Lipinski definition) is 5. The number of fused-ring (bicyclic) bond motifs is 2. The van der Waals surface area contributed by atoms with Crippen LogP contribution in [0.4, 0.5) is 5.82 Å². The molecule has 25 heavy (non-hydrogen) atoms. The van der Waals surface area contributed by atoms with Crippen LogP contribution in [0.5, 0.6) is 5.75 Å². The number of nitrogens with one attached hydrogen (secondary N) is 2. The van der Waals surface area contributed by atoms with Crippen LogP contribution < -0.4 is 15.4 Å². The van der Waals surface area contributed by atoms with Crippen LogP contribution in [0.15, 0.2) is 12.1 Å². The smallest absolute Gasteiger partial charge is 0.133 e. The minimum absolute atomic E-state index is 0.729. The fraction of sp³-hybridized carbons (Fsp3) is 0.500. The maximum Gasteiger partial charge on any atom is 0.133 e. The molecule has 2 aromatic rings. The van der Waals surface area contributed by atoms with E-state index in [1.165, 1.54) is 47.2 Å². The van der Waals surface area contributed by atoms with Crippen molar-refractivity contribution in [3.05, 3.63) is 45.9 Å². The lowest BCUT2D eigenvalue weighted by atomic mass is 10.0. The average molecular weight is 338 g/mol. The van der Waals surface area contributed by atoms with Crippen molar-refractivity contribution in [1.82, 2.24) is 15.3 Å². The largest absolute Gasteiger partial charge is 0.496 e. The summed E-state index contributed by atoms with van der Waals surface area (Å²) >= 11 is 0. The molecule has 0 spiro atoms. The number of ether oxygens (including phenoxy) is 1. The van der Waals surface area contributed by atoms with Crippen molar-refractivity contribution < 1.29 is 4.74 Å². The van der Waals surface area contributed by atoms with E-state index in [0.717, 1.165) is 49.9 Å². The number of nitrogens with zero attached hydrogens (tertiary/aromatic N) is 2. The summed E-state index contributed by atoms with van der Waals surface area (Å²) in [5.74, 6) is 2.80. The van der Waals surface area contributed by atoms with Crippen molar-refractivity contribution in [1.29, 1.82) is 0 Å². The Bertz CT molecular complexity index is 788. The van der Waals surface area contributed by atoms with E-state index < -0.39 is 0 Å². The third-order valence-electron chi connectivity index (χ3n) is 5.24. The summed E-state index contributed by atoms with van der Waals surface area (Å²) < 4.78 is 5.63. The van der Waals surface area contributed by atoms with Gasteiger partial charge in [0.05, 0.1) is 12.8 Å². The summed E-state index contributed by atoms with van der Waals surface area (Å²) in [5, 5.41) is 7.01. The zero-order chi connectivity index (χ0) is 17.2. The monoisotopic (exact) mass is 338 g/mol. The summed E-state index contributed by atoms with van der Waals surface area (Å²) in [6, 6.07) is 4.53. The minimum Gasteiger partial charge on any atom is -0.496 e. The highest BCUT2D eigenvalue weighted by Crippen LogP contribution is 2.30. The highest BCUT2D eigenvalue weighted by atomic mass is 16.5. The van der Waals surface area contributed by atoms with E-state index in [9.17, 15) is 0 Å². The fourth-order valence-corrected chi connectivity index (χ4v) is 3.97. The Labute approximate surface area is 149 Å².